The summed E-state index contributed by atoms with van der Waals surface area (Å²) in [7, 11) is -3.49. The number of sulfone groups is 1. The van der Waals surface area contributed by atoms with E-state index in [2.05, 4.69) is 5.32 Å². The number of carboxylic acids is 1. The number of nitrogens with one attached hydrogen (secondary N) is 1. The van der Waals surface area contributed by atoms with Crippen molar-refractivity contribution in [2.45, 2.75) is 30.3 Å². The first-order chi connectivity index (χ1) is 18.3. The molecule has 0 fully saturated rings. The van der Waals surface area contributed by atoms with Crippen LogP contribution in [0.5, 0.6) is 0 Å². The minimum Gasteiger partial charge on any atom is -0.480 e. The fraction of sp³-hybridized carbons (Fsp3) is 0.222. The van der Waals surface area contributed by atoms with Gasteiger partial charge in [-0.05, 0) is 65.6 Å². The summed E-state index contributed by atoms with van der Waals surface area (Å²) in [6, 6.07) is 12.6. The van der Waals surface area contributed by atoms with E-state index >= 15 is 0 Å². The van der Waals surface area contributed by atoms with Crippen molar-refractivity contribution in [1.82, 2.24) is 10.2 Å². The molecule has 0 unspecified atom stereocenters. The van der Waals surface area contributed by atoms with E-state index in [0.717, 1.165) is 6.26 Å². The Labute approximate surface area is 240 Å². The second-order valence-corrected chi connectivity index (χ2v) is 12.4. The summed E-state index contributed by atoms with van der Waals surface area (Å²) in [5, 5.41) is 12.8. The van der Waals surface area contributed by atoms with Crippen LogP contribution in [0.15, 0.2) is 59.5 Å². The van der Waals surface area contributed by atoms with Crippen LogP contribution in [0.3, 0.4) is 0 Å². The van der Waals surface area contributed by atoms with Gasteiger partial charge in [0.15, 0.2) is 9.84 Å². The fourth-order valence-electron chi connectivity index (χ4n) is 4.38. The number of hydrogen-bond acceptors (Lipinski definition) is 5. The van der Waals surface area contributed by atoms with Gasteiger partial charge in [0.05, 0.1) is 20.5 Å². The van der Waals surface area contributed by atoms with E-state index in [1.807, 2.05) is 0 Å². The molecule has 1 heterocycles. The van der Waals surface area contributed by atoms with Crippen molar-refractivity contribution >= 4 is 62.4 Å². The largest absolute Gasteiger partial charge is 0.480 e. The Morgan fingerprint density at radius 3 is 2.38 bits per heavy atom. The molecule has 1 aliphatic heterocycles. The summed E-state index contributed by atoms with van der Waals surface area (Å²) in [6.45, 7) is 0.581. The second-order valence-electron chi connectivity index (χ2n) is 9.16. The lowest BCUT2D eigenvalue weighted by atomic mass is 9.95. The number of rotatable bonds is 7. The first-order valence-electron chi connectivity index (χ1n) is 11.7. The van der Waals surface area contributed by atoms with Crippen molar-refractivity contribution in [2.75, 3.05) is 12.8 Å². The molecule has 0 spiro atoms. The maximum atomic E-state index is 13.2. The lowest BCUT2D eigenvalue weighted by Crippen LogP contribution is -2.42. The highest BCUT2D eigenvalue weighted by atomic mass is 35.5. The Morgan fingerprint density at radius 2 is 1.74 bits per heavy atom. The van der Waals surface area contributed by atoms with Gasteiger partial charge in [-0.15, -0.1) is 0 Å². The van der Waals surface area contributed by atoms with Gasteiger partial charge < -0.3 is 15.3 Å². The molecule has 204 valence electrons. The molecule has 39 heavy (non-hydrogen) atoms. The Balaban J connectivity index is 1.54. The molecular weight excluding hydrogens is 587 g/mol. The number of nitrogens with zero attached hydrogens (tertiary/aromatic N) is 1. The van der Waals surface area contributed by atoms with Crippen molar-refractivity contribution in [3.8, 4) is 0 Å². The van der Waals surface area contributed by atoms with Crippen molar-refractivity contribution in [3.63, 3.8) is 0 Å². The zero-order valence-corrected chi connectivity index (χ0v) is 23.7. The van der Waals surface area contributed by atoms with E-state index in [0.29, 0.717) is 40.2 Å². The van der Waals surface area contributed by atoms with Gasteiger partial charge in [-0.3, -0.25) is 9.59 Å². The summed E-state index contributed by atoms with van der Waals surface area (Å²) in [5.41, 5.74) is 2.17. The Hall–Kier alpha value is -3.11. The number of hydrogen-bond donors (Lipinski definition) is 2. The third-order valence-corrected chi connectivity index (χ3v) is 8.46. The first kappa shape index (κ1) is 28.9. The smallest absolute Gasteiger partial charge is 0.326 e. The standard InChI is InChI=1S/C27H23Cl3N2O6S/c1-39(37,38)19-4-2-3-15(11-19)12-22(27(35)36)31-25(33)23-21(29)13-17-14-32(10-9-20(17)24(23)30)26(34)16-5-7-18(28)8-6-16/h2-8,11,13,22H,9-10,12,14H2,1H3,(H,31,33)(H,35,36)/t22-/m0/s1. The van der Waals surface area contributed by atoms with Gasteiger partial charge in [0.2, 0.25) is 0 Å². The van der Waals surface area contributed by atoms with E-state index in [1.165, 1.54) is 18.2 Å². The third kappa shape index (κ3) is 6.55. The average molecular weight is 610 g/mol. The van der Waals surface area contributed by atoms with Gasteiger partial charge >= 0.3 is 5.97 Å². The van der Waals surface area contributed by atoms with Crippen molar-refractivity contribution in [3.05, 3.63) is 97.5 Å². The van der Waals surface area contributed by atoms with Crippen LogP contribution in [0, 0.1) is 0 Å². The molecule has 12 heteroatoms. The molecule has 4 rings (SSSR count). The van der Waals surface area contributed by atoms with Crippen LogP contribution in [0.25, 0.3) is 0 Å². The summed E-state index contributed by atoms with van der Waals surface area (Å²) in [5.74, 6) is -2.27. The lowest BCUT2D eigenvalue weighted by molar-refractivity contribution is -0.139. The predicted molar refractivity (Wildman–Crippen MR) is 149 cm³/mol. The Bertz CT molecular complexity index is 1580. The SMILES string of the molecule is CS(=O)(=O)c1cccc(C[C@H](NC(=O)c2c(Cl)cc3c(c2Cl)CCN(C(=O)c2ccc(Cl)cc2)C3)C(=O)O)c1. The van der Waals surface area contributed by atoms with Gasteiger partial charge in [0, 0.05) is 36.4 Å². The van der Waals surface area contributed by atoms with Crippen molar-refractivity contribution in [2.24, 2.45) is 0 Å². The molecule has 0 aliphatic carbocycles. The molecule has 0 saturated carbocycles. The zero-order chi connectivity index (χ0) is 28.5. The molecule has 1 aliphatic rings. The first-order valence-corrected chi connectivity index (χ1v) is 14.7. The normalized spacial score (nSPS) is 13.9. The Kier molecular flexibility index (Phi) is 8.56. The zero-order valence-electron chi connectivity index (χ0n) is 20.6. The number of fused-ring (bicyclic) bond motifs is 1. The van der Waals surface area contributed by atoms with Crippen LogP contribution in [0.2, 0.25) is 15.1 Å². The highest BCUT2D eigenvalue weighted by Gasteiger charge is 2.29. The highest BCUT2D eigenvalue weighted by molar-refractivity contribution is 7.90. The molecule has 2 N–H and O–H groups in total. The van der Waals surface area contributed by atoms with Gasteiger partial charge in [0.1, 0.15) is 6.04 Å². The summed E-state index contributed by atoms with van der Waals surface area (Å²) >= 11 is 19.0. The molecule has 3 aromatic carbocycles. The van der Waals surface area contributed by atoms with Gasteiger partial charge in [0.25, 0.3) is 11.8 Å². The number of aliphatic carboxylic acids is 1. The number of benzene rings is 3. The molecule has 2 amide bonds. The summed E-state index contributed by atoms with van der Waals surface area (Å²) in [6.07, 6.45) is 1.26. The number of carbonyl (C=O) groups excluding carboxylic acids is 2. The minimum absolute atomic E-state index is 0.0141. The number of halogens is 3. The fourth-order valence-corrected chi connectivity index (χ4v) is 5.96. The van der Waals surface area contributed by atoms with E-state index in [-0.39, 0.29) is 39.4 Å². The van der Waals surface area contributed by atoms with Gasteiger partial charge in [-0.1, -0.05) is 46.9 Å². The van der Waals surface area contributed by atoms with Gasteiger partial charge in [-0.2, -0.15) is 0 Å². The highest BCUT2D eigenvalue weighted by Crippen LogP contribution is 2.35. The molecule has 0 radical (unpaired) electrons. The van der Waals surface area contributed by atoms with Crippen LogP contribution in [0.1, 0.15) is 37.4 Å². The molecular formula is C27H23Cl3N2O6S. The Morgan fingerprint density at radius 1 is 1.05 bits per heavy atom. The molecule has 3 aromatic rings. The summed E-state index contributed by atoms with van der Waals surface area (Å²) in [4.78, 5) is 39.7. The predicted octanol–water partition coefficient (Wildman–Crippen LogP) is 4.67. The van der Waals surface area contributed by atoms with E-state index in [9.17, 15) is 27.9 Å². The quantitative estimate of drug-likeness (QED) is 0.402. The van der Waals surface area contributed by atoms with Crippen LogP contribution >= 0.6 is 34.8 Å². The number of carbonyl (C=O) groups is 3. The third-order valence-electron chi connectivity index (χ3n) is 6.38. The van der Waals surface area contributed by atoms with E-state index in [1.54, 1.807) is 41.3 Å². The summed E-state index contributed by atoms with van der Waals surface area (Å²) < 4.78 is 23.7. The molecule has 0 aromatic heterocycles. The van der Waals surface area contributed by atoms with Crippen molar-refractivity contribution < 1.29 is 27.9 Å². The maximum absolute atomic E-state index is 13.2. The van der Waals surface area contributed by atoms with Crippen LogP contribution < -0.4 is 5.32 Å². The monoisotopic (exact) mass is 608 g/mol. The van der Waals surface area contributed by atoms with E-state index < -0.39 is 27.8 Å². The van der Waals surface area contributed by atoms with E-state index in [4.69, 9.17) is 34.8 Å². The number of carboxylic acid groups (broad SMARTS) is 1. The number of amides is 2. The second kappa shape index (κ2) is 11.6. The lowest BCUT2D eigenvalue weighted by Gasteiger charge is -2.30. The molecule has 0 saturated heterocycles. The topological polar surface area (TPSA) is 121 Å². The maximum Gasteiger partial charge on any atom is 0.326 e. The van der Waals surface area contributed by atoms with Crippen molar-refractivity contribution in [1.29, 1.82) is 0 Å². The van der Waals surface area contributed by atoms with Crippen LogP contribution in [-0.2, 0) is 34.0 Å². The van der Waals surface area contributed by atoms with Crippen LogP contribution in [0.4, 0.5) is 0 Å². The average Bonchev–Trinajstić information content (AvgIpc) is 2.87. The molecule has 0 bridgehead atoms. The minimum atomic E-state index is -3.49. The molecule has 8 nitrogen and oxygen atoms in total. The van der Waals surface area contributed by atoms with Gasteiger partial charge in [-0.25, -0.2) is 13.2 Å². The molecule has 1 atom stereocenters. The van der Waals surface area contributed by atoms with Crippen LogP contribution in [-0.4, -0.2) is 55.1 Å².